The van der Waals surface area contributed by atoms with Crippen LogP contribution in [0.3, 0.4) is 0 Å². The van der Waals surface area contributed by atoms with Crippen molar-refractivity contribution in [1.29, 1.82) is 0 Å². The summed E-state index contributed by atoms with van der Waals surface area (Å²) in [6, 6.07) is 61.3. The van der Waals surface area contributed by atoms with Gasteiger partial charge in [0.05, 0.1) is 22.7 Å². The third-order valence-electron chi connectivity index (χ3n) is 14.2. The van der Waals surface area contributed by atoms with Crippen LogP contribution in [0.1, 0.15) is 77.6 Å². The Morgan fingerprint density at radius 2 is 0.610 bits per heavy atom. The van der Waals surface area contributed by atoms with Gasteiger partial charge in [0.2, 0.25) is 6.71 Å². The van der Waals surface area contributed by atoms with Gasteiger partial charge in [-0.3, -0.25) is 0 Å². The van der Waals surface area contributed by atoms with E-state index in [0.29, 0.717) is 0 Å². The molecule has 7 aromatic carbocycles. The lowest BCUT2D eigenvalue weighted by molar-refractivity contribution is 0.540. The van der Waals surface area contributed by atoms with E-state index in [-0.39, 0.29) is 28.9 Å². The number of hydrogen-bond donors (Lipinski definition) is 0. The van der Waals surface area contributed by atoms with Gasteiger partial charge in [0.25, 0.3) is 0 Å². The highest BCUT2D eigenvalue weighted by Crippen LogP contribution is 2.56. The van der Waals surface area contributed by atoms with Gasteiger partial charge in [-0.1, -0.05) is 135 Å². The van der Waals surface area contributed by atoms with E-state index in [1.165, 1.54) is 84.1 Å². The SMILES string of the molecule is CC1(C)c2cc3c(cc2B2c4cc5c(cc4C(C)(C)c4cccc1c42)N(c1ccccc1)C(C)(C)N5c1ccccc1)N(c1ccccc1)C(C)(C)N3c1ccccc1. The van der Waals surface area contributed by atoms with Crippen LogP contribution >= 0.6 is 0 Å². The number of fused-ring (bicyclic) bond motifs is 6. The third kappa shape index (κ3) is 4.79. The normalized spacial score (nSPS) is 18.2. The first-order valence-corrected chi connectivity index (χ1v) is 21.2. The van der Waals surface area contributed by atoms with Crippen molar-refractivity contribution < 1.29 is 0 Å². The summed E-state index contributed by atoms with van der Waals surface area (Å²) in [6.07, 6.45) is 0. The lowest BCUT2D eigenvalue weighted by Gasteiger charge is -2.47. The molecule has 0 aromatic heterocycles. The zero-order valence-corrected chi connectivity index (χ0v) is 35.5. The first-order chi connectivity index (χ1) is 28.3. The molecule has 59 heavy (non-hydrogen) atoms. The van der Waals surface area contributed by atoms with Crippen LogP contribution < -0.4 is 36.0 Å². The van der Waals surface area contributed by atoms with Gasteiger partial charge in [-0.15, -0.1) is 0 Å². The Hall–Kier alpha value is -6.20. The molecular formula is C54H51BN4. The topological polar surface area (TPSA) is 13.0 Å². The zero-order chi connectivity index (χ0) is 40.6. The molecule has 0 amide bonds. The number of hydrogen-bond acceptors (Lipinski definition) is 4. The molecule has 290 valence electrons. The molecule has 0 atom stereocenters. The average Bonchev–Trinajstić information content (AvgIpc) is 3.61. The van der Waals surface area contributed by atoms with Gasteiger partial charge < -0.3 is 19.6 Å². The first-order valence-electron chi connectivity index (χ1n) is 21.2. The Labute approximate surface area is 350 Å². The molecule has 5 heteroatoms. The van der Waals surface area contributed by atoms with Crippen molar-refractivity contribution in [2.45, 2.75) is 77.5 Å². The quantitative estimate of drug-likeness (QED) is 0.165. The van der Waals surface area contributed by atoms with Gasteiger partial charge in [0.15, 0.2) is 0 Å². The van der Waals surface area contributed by atoms with Crippen molar-refractivity contribution in [3.8, 4) is 0 Å². The van der Waals surface area contributed by atoms with Crippen LogP contribution in [0.4, 0.5) is 45.5 Å². The smallest absolute Gasteiger partial charge is 0.242 e. The number of anilines is 8. The van der Waals surface area contributed by atoms with Gasteiger partial charge in [-0.25, -0.2) is 0 Å². The summed E-state index contributed by atoms with van der Waals surface area (Å²) >= 11 is 0. The van der Waals surface area contributed by atoms with Crippen molar-refractivity contribution in [2.75, 3.05) is 19.6 Å². The standard InChI is InChI=1S/C54H51BN4/c1-51(2)40-30-21-31-41-50(40)55(44-34-48-46(32-42(44)51)56(36-22-13-9-14-23-36)53(5,6)58(48)38-26-17-11-18-27-38)45-35-49-47(33-43(45)52(41,3)4)57(37-24-15-10-16-25-37)54(7,8)59(49)39-28-19-12-20-29-39/h9-35H,1-8H3. The predicted molar refractivity (Wildman–Crippen MR) is 251 cm³/mol. The number of rotatable bonds is 4. The van der Waals surface area contributed by atoms with Crippen LogP contribution in [0.15, 0.2) is 164 Å². The fourth-order valence-corrected chi connectivity index (χ4v) is 11.7. The van der Waals surface area contributed by atoms with Crippen molar-refractivity contribution in [3.63, 3.8) is 0 Å². The molecule has 11 rings (SSSR count). The Bertz CT molecular complexity index is 2610. The van der Waals surface area contributed by atoms with Crippen molar-refractivity contribution >= 4 is 68.6 Å². The minimum absolute atomic E-state index is 0.0564. The van der Waals surface area contributed by atoms with Gasteiger partial charge in [0.1, 0.15) is 11.3 Å². The summed E-state index contributed by atoms with van der Waals surface area (Å²) in [4.78, 5) is 10.2. The maximum Gasteiger partial charge on any atom is 0.242 e. The van der Waals surface area contributed by atoms with E-state index in [1.807, 2.05) is 0 Å². The van der Waals surface area contributed by atoms with E-state index >= 15 is 0 Å². The lowest BCUT2D eigenvalue weighted by atomic mass is 9.27. The maximum absolute atomic E-state index is 2.58. The second-order valence-corrected chi connectivity index (χ2v) is 19.0. The highest BCUT2D eigenvalue weighted by molar-refractivity contribution is 6.97. The van der Waals surface area contributed by atoms with Crippen LogP contribution in [-0.2, 0) is 10.8 Å². The monoisotopic (exact) mass is 766 g/mol. The van der Waals surface area contributed by atoms with E-state index in [4.69, 9.17) is 0 Å². The first kappa shape index (κ1) is 35.9. The second kappa shape index (κ2) is 12.2. The van der Waals surface area contributed by atoms with E-state index in [1.54, 1.807) is 0 Å². The highest BCUT2D eigenvalue weighted by atomic mass is 15.5. The summed E-state index contributed by atoms with van der Waals surface area (Å²) in [5.41, 5.74) is 18.5. The Kier molecular flexibility index (Phi) is 7.41. The molecule has 0 saturated heterocycles. The molecule has 0 N–H and O–H groups in total. The molecule has 4 nitrogen and oxygen atoms in total. The summed E-state index contributed by atoms with van der Waals surface area (Å²) in [7, 11) is 0. The Morgan fingerprint density at radius 1 is 0.322 bits per heavy atom. The molecule has 4 aliphatic rings. The van der Waals surface area contributed by atoms with Crippen LogP contribution in [0, 0.1) is 0 Å². The molecule has 4 heterocycles. The van der Waals surface area contributed by atoms with Crippen molar-refractivity contribution in [3.05, 3.63) is 186 Å². The van der Waals surface area contributed by atoms with Crippen LogP contribution in [0.25, 0.3) is 0 Å². The van der Waals surface area contributed by atoms with Crippen molar-refractivity contribution in [1.82, 2.24) is 0 Å². The molecule has 0 bridgehead atoms. The van der Waals surface area contributed by atoms with Crippen LogP contribution in [-0.4, -0.2) is 18.0 Å². The molecule has 0 spiro atoms. The largest absolute Gasteiger partial charge is 0.316 e. The predicted octanol–water partition coefficient (Wildman–Crippen LogP) is 11.5. The summed E-state index contributed by atoms with van der Waals surface area (Å²) in [5.74, 6) is 0. The molecule has 7 aromatic rings. The molecule has 0 aliphatic carbocycles. The maximum atomic E-state index is 2.58. The minimum Gasteiger partial charge on any atom is -0.316 e. The molecule has 4 aliphatic heterocycles. The average molecular weight is 767 g/mol. The van der Waals surface area contributed by atoms with Gasteiger partial charge in [-0.2, -0.15) is 0 Å². The van der Waals surface area contributed by atoms with E-state index in [0.717, 1.165) is 0 Å². The summed E-state index contributed by atoms with van der Waals surface area (Å²) < 4.78 is 0. The number of benzene rings is 7. The fourth-order valence-electron chi connectivity index (χ4n) is 11.7. The molecular weight excluding hydrogens is 715 g/mol. The molecule has 0 fully saturated rings. The van der Waals surface area contributed by atoms with Gasteiger partial charge in [-0.05, 0) is 123 Å². The molecule has 0 radical (unpaired) electrons. The van der Waals surface area contributed by atoms with E-state index in [2.05, 4.69) is 239 Å². The molecule has 0 unspecified atom stereocenters. The lowest BCUT2D eigenvalue weighted by Crippen LogP contribution is -2.66. The van der Waals surface area contributed by atoms with Crippen LogP contribution in [0.5, 0.6) is 0 Å². The third-order valence-corrected chi connectivity index (χ3v) is 14.2. The zero-order valence-electron chi connectivity index (χ0n) is 35.5. The Morgan fingerprint density at radius 3 is 0.915 bits per heavy atom. The van der Waals surface area contributed by atoms with Gasteiger partial charge in [0, 0.05) is 33.6 Å². The van der Waals surface area contributed by atoms with E-state index in [9.17, 15) is 0 Å². The highest BCUT2D eigenvalue weighted by Gasteiger charge is 2.53. The fraction of sp³-hybridized carbons (Fsp3) is 0.222. The minimum atomic E-state index is -0.382. The second-order valence-electron chi connectivity index (χ2n) is 19.0. The Balaban J connectivity index is 1.22. The number of nitrogens with zero attached hydrogens (tertiary/aromatic N) is 4. The van der Waals surface area contributed by atoms with E-state index < -0.39 is 0 Å². The number of para-hydroxylation sites is 4. The molecule has 0 saturated carbocycles. The van der Waals surface area contributed by atoms with Crippen molar-refractivity contribution in [2.24, 2.45) is 0 Å². The summed E-state index contributed by atoms with van der Waals surface area (Å²) in [6.45, 7) is 19.3. The summed E-state index contributed by atoms with van der Waals surface area (Å²) in [5, 5.41) is 0. The van der Waals surface area contributed by atoms with Gasteiger partial charge >= 0.3 is 0 Å². The van der Waals surface area contributed by atoms with Crippen LogP contribution in [0.2, 0.25) is 0 Å².